The summed E-state index contributed by atoms with van der Waals surface area (Å²) < 4.78 is 2.63. The molecule has 9 aromatic carbocycles. The summed E-state index contributed by atoms with van der Waals surface area (Å²) in [7, 11) is 0. The van der Waals surface area contributed by atoms with Gasteiger partial charge >= 0.3 is 0 Å². The van der Waals surface area contributed by atoms with Crippen molar-refractivity contribution in [3.8, 4) is 44.5 Å². The Balaban J connectivity index is 1.13. The molecule has 10 aromatic rings. The molecule has 0 amide bonds. The second-order valence-corrected chi connectivity index (χ2v) is 16.2. The highest BCUT2D eigenvalue weighted by Crippen LogP contribution is 2.64. The van der Waals surface area contributed by atoms with Gasteiger partial charge < -0.3 is 4.90 Å². The highest BCUT2D eigenvalue weighted by molar-refractivity contribution is 7.25. The van der Waals surface area contributed by atoms with Gasteiger partial charge in [-0.3, -0.25) is 0 Å². The molecule has 0 radical (unpaired) electrons. The van der Waals surface area contributed by atoms with Crippen LogP contribution < -0.4 is 4.90 Å². The third-order valence-corrected chi connectivity index (χ3v) is 13.5. The fraction of sp³-hybridized carbons (Fsp3) is 0.0182. The van der Waals surface area contributed by atoms with E-state index in [1.54, 1.807) is 0 Å². The summed E-state index contributed by atoms with van der Waals surface area (Å²) in [5.41, 5.74) is 18.4. The van der Waals surface area contributed by atoms with Gasteiger partial charge in [0.1, 0.15) is 0 Å². The average molecular weight is 742 g/mol. The molecule has 2 heteroatoms. The molecule has 12 rings (SSSR count). The second-order valence-electron chi connectivity index (χ2n) is 15.2. The molecular formula is C55H35NS. The number of thiophene rings is 1. The summed E-state index contributed by atoms with van der Waals surface area (Å²) >= 11 is 1.87. The molecule has 0 bridgehead atoms. The van der Waals surface area contributed by atoms with Crippen molar-refractivity contribution in [1.82, 2.24) is 0 Å². The van der Waals surface area contributed by atoms with Crippen LogP contribution in [0.25, 0.3) is 64.7 Å². The summed E-state index contributed by atoms with van der Waals surface area (Å²) in [4.78, 5) is 2.52. The van der Waals surface area contributed by atoms with E-state index in [0.29, 0.717) is 0 Å². The monoisotopic (exact) mass is 741 g/mol. The lowest BCUT2D eigenvalue weighted by molar-refractivity contribution is 0.794. The zero-order chi connectivity index (χ0) is 37.5. The Morgan fingerprint density at radius 3 is 1.61 bits per heavy atom. The van der Waals surface area contributed by atoms with Crippen LogP contribution in [0.4, 0.5) is 17.1 Å². The van der Waals surface area contributed by atoms with Gasteiger partial charge in [-0.2, -0.15) is 0 Å². The lowest BCUT2D eigenvalue weighted by atomic mass is 9.70. The average Bonchev–Trinajstić information content (AvgIpc) is 3.91. The van der Waals surface area contributed by atoms with Gasteiger partial charge in [0.25, 0.3) is 0 Å². The Labute approximate surface area is 336 Å². The largest absolute Gasteiger partial charge is 0.309 e. The van der Waals surface area contributed by atoms with Gasteiger partial charge in [-0.15, -0.1) is 11.3 Å². The van der Waals surface area contributed by atoms with Crippen LogP contribution in [0.1, 0.15) is 22.3 Å². The van der Waals surface area contributed by atoms with Crippen molar-refractivity contribution in [2.45, 2.75) is 5.41 Å². The van der Waals surface area contributed by atoms with Crippen LogP contribution in [0.15, 0.2) is 212 Å². The predicted molar refractivity (Wildman–Crippen MR) is 241 cm³/mol. The molecule has 2 aliphatic carbocycles. The Bertz CT molecular complexity index is 3140. The van der Waals surface area contributed by atoms with Crippen LogP contribution in [-0.4, -0.2) is 0 Å². The highest BCUT2D eigenvalue weighted by atomic mass is 32.1. The SMILES string of the molecule is c1ccc(-c2ccc(N(c3ccccc3-c3ccc4sc5ccccc5c4c3)c3cccc4c3-c3ccccc3C43c4ccccc4-c4ccccc43)cc2)cc1. The van der Waals surface area contributed by atoms with Crippen LogP contribution in [0.5, 0.6) is 0 Å². The summed E-state index contributed by atoms with van der Waals surface area (Å²) in [5, 5.41) is 2.61. The lowest BCUT2D eigenvalue weighted by Crippen LogP contribution is -2.26. The summed E-state index contributed by atoms with van der Waals surface area (Å²) in [5.74, 6) is 0. The molecule has 0 unspecified atom stereocenters. The maximum atomic E-state index is 2.52. The number of hydrogen-bond acceptors (Lipinski definition) is 2. The van der Waals surface area contributed by atoms with Crippen molar-refractivity contribution < 1.29 is 0 Å². The van der Waals surface area contributed by atoms with E-state index in [0.717, 1.165) is 11.4 Å². The number of para-hydroxylation sites is 1. The van der Waals surface area contributed by atoms with Crippen molar-refractivity contribution >= 4 is 48.6 Å². The Morgan fingerprint density at radius 2 is 0.860 bits per heavy atom. The van der Waals surface area contributed by atoms with Crippen LogP contribution in [-0.2, 0) is 5.41 Å². The molecule has 266 valence electrons. The van der Waals surface area contributed by atoms with Crippen molar-refractivity contribution in [2.75, 3.05) is 4.90 Å². The predicted octanol–water partition coefficient (Wildman–Crippen LogP) is 15.2. The zero-order valence-corrected chi connectivity index (χ0v) is 31.9. The Hall–Kier alpha value is -7.00. The molecule has 0 saturated carbocycles. The van der Waals surface area contributed by atoms with E-state index in [-0.39, 0.29) is 0 Å². The molecule has 0 N–H and O–H groups in total. The van der Waals surface area contributed by atoms with E-state index >= 15 is 0 Å². The first-order valence-corrected chi connectivity index (χ1v) is 20.5. The van der Waals surface area contributed by atoms with Crippen molar-refractivity contribution in [1.29, 1.82) is 0 Å². The maximum Gasteiger partial charge on any atom is 0.0726 e. The van der Waals surface area contributed by atoms with Gasteiger partial charge in [0.15, 0.2) is 0 Å². The molecule has 0 atom stereocenters. The normalized spacial score (nSPS) is 13.1. The van der Waals surface area contributed by atoms with Gasteiger partial charge in [-0.05, 0) is 98.1 Å². The molecule has 1 nitrogen and oxygen atoms in total. The molecule has 0 fully saturated rings. The minimum atomic E-state index is -0.428. The topological polar surface area (TPSA) is 3.24 Å². The number of fused-ring (bicyclic) bond motifs is 13. The van der Waals surface area contributed by atoms with E-state index in [1.165, 1.54) is 92.6 Å². The third kappa shape index (κ3) is 4.62. The fourth-order valence-electron chi connectivity index (χ4n) is 9.96. The Kier molecular flexibility index (Phi) is 7.08. The van der Waals surface area contributed by atoms with E-state index in [1.807, 2.05) is 11.3 Å². The first kappa shape index (κ1) is 32.3. The fourth-order valence-corrected chi connectivity index (χ4v) is 11.0. The second kappa shape index (κ2) is 12.5. The van der Waals surface area contributed by atoms with E-state index < -0.39 is 5.41 Å². The van der Waals surface area contributed by atoms with Crippen LogP contribution in [0.3, 0.4) is 0 Å². The van der Waals surface area contributed by atoms with Crippen LogP contribution in [0, 0.1) is 0 Å². The van der Waals surface area contributed by atoms with Crippen molar-refractivity contribution in [3.05, 3.63) is 235 Å². The summed E-state index contributed by atoms with van der Waals surface area (Å²) in [6, 6.07) is 78.8. The number of anilines is 3. The minimum Gasteiger partial charge on any atom is -0.309 e. The van der Waals surface area contributed by atoms with Gasteiger partial charge in [0, 0.05) is 37.0 Å². The molecule has 0 aliphatic heterocycles. The van der Waals surface area contributed by atoms with E-state index in [4.69, 9.17) is 0 Å². The first-order valence-electron chi connectivity index (χ1n) is 19.7. The quantitative estimate of drug-likeness (QED) is 0.170. The Morgan fingerprint density at radius 1 is 0.333 bits per heavy atom. The molecule has 1 aromatic heterocycles. The summed E-state index contributed by atoms with van der Waals surface area (Å²) in [6.45, 7) is 0. The molecule has 1 spiro atoms. The van der Waals surface area contributed by atoms with Crippen molar-refractivity contribution in [2.24, 2.45) is 0 Å². The van der Waals surface area contributed by atoms with Crippen LogP contribution >= 0.6 is 11.3 Å². The highest BCUT2D eigenvalue weighted by Gasteiger charge is 2.52. The number of hydrogen-bond donors (Lipinski definition) is 0. The smallest absolute Gasteiger partial charge is 0.0726 e. The molecule has 2 aliphatic rings. The van der Waals surface area contributed by atoms with Gasteiger partial charge in [-0.1, -0.05) is 170 Å². The number of nitrogens with zero attached hydrogens (tertiary/aromatic N) is 1. The maximum absolute atomic E-state index is 2.52. The lowest BCUT2D eigenvalue weighted by Gasteiger charge is -2.32. The zero-order valence-electron chi connectivity index (χ0n) is 31.1. The molecular weight excluding hydrogens is 707 g/mol. The molecule has 0 saturated heterocycles. The third-order valence-electron chi connectivity index (χ3n) is 12.3. The van der Waals surface area contributed by atoms with Crippen molar-refractivity contribution in [3.63, 3.8) is 0 Å². The van der Waals surface area contributed by atoms with Gasteiger partial charge in [-0.25, -0.2) is 0 Å². The summed E-state index contributed by atoms with van der Waals surface area (Å²) in [6.07, 6.45) is 0. The standard InChI is InChI=1S/C55H35NS/c1-2-15-36(16-3-1)37-29-32-39(33-30-37)56(50-26-12-7-17-40(50)38-31-34-53-45(35-38)43-20-8-13-28-52(43)57-53)51-27-14-25-49-54(51)44-21-6-11-24-48(44)55(49)46-22-9-4-18-41(46)42-19-5-10-23-47(42)55/h1-35H. The number of rotatable bonds is 5. The van der Waals surface area contributed by atoms with Crippen LogP contribution in [0.2, 0.25) is 0 Å². The first-order chi connectivity index (χ1) is 28.3. The van der Waals surface area contributed by atoms with Gasteiger partial charge in [0.2, 0.25) is 0 Å². The van der Waals surface area contributed by atoms with E-state index in [9.17, 15) is 0 Å². The molecule has 1 heterocycles. The van der Waals surface area contributed by atoms with Gasteiger partial charge in [0.05, 0.1) is 16.8 Å². The van der Waals surface area contributed by atoms with E-state index in [2.05, 4.69) is 217 Å². The molecule has 57 heavy (non-hydrogen) atoms. The number of benzene rings is 9. The minimum absolute atomic E-state index is 0.428.